The van der Waals surface area contributed by atoms with Gasteiger partial charge in [0.1, 0.15) is 13.2 Å². The molecule has 0 aromatic heterocycles. The first-order valence-corrected chi connectivity index (χ1v) is 4.76. The van der Waals surface area contributed by atoms with Gasteiger partial charge >= 0.3 is 0 Å². The summed E-state index contributed by atoms with van der Waals surface area (Å²) in [6, 6.07) is 0. The molecule has 3 nitrogen and oxygen atoms in total. The molecule has 3 heteroatoms. The number of allylic oxidation sites excluding steroid dienone is 2. The van der Waals surface area contributed by atoms with E-state index in [0.29, 0.717) is 25.1 Å². The molecule has 0 radical (unpaired) electrons. The monoisotopic (exact) mass is 210 g/mol. The molecule has 0 fully saturated rings. The van der Waals surface area contributed by atoms with Gasteiger partial charge in [0.05, 0.1) is 0 Å². The Morgan fingerprint density at radius 2 is 1.33 bits per heavy atom. The second-order valence-corrected chi connectivity index (χ2v) is 2.52. The molecule has 84 valence electrons. The molecule has 0 N–H and O–H groups in total. The van der Waals surface area contributed by atoms with E-state index in [1.807, 2.05) is 13.8 Å². The van der Waals surface area contributed by atoms with Crippen LogP contribution in [0, 0.1) is 0 Å². The lowest BCUT2D eigenvalue weighted by Gasteiger charge is -2.12. The lowest BCUT2D eigenvalue weighted by Crippen LogP contribution is -2.01. The van der Waals surface area contributed by atoms with Crippen LogP contribution in [0.15, 0.2) is 49.4 Å². The zero-order valence-electron chi connectivity index (χ0n) is 9.36. The van der Waals surface area contributed by atoms with E-state index in [9.17, 15) is 0 Å². The van der Waals surface area contributed by atoms with Crippen LogP contribution in [0.1, 0.15) is 13.8 Å². The molecule has 0 aliphatic carbocycles. The Hall–Kier alpha value is -1.64. The molecular formula is C12H18O3. The van der Waals surface area contributed by atoms with E-state index in [1.54, 1.807) is 24.3 Å². The van der Waals surface area contributed by atoms with Crippen molar-refractivity contribution in [3.05, 3.63) is 49.4 Å². The van der Waals surface area contributed by atoms with Crippen LogP contribution in [-0.2, 0) is 14.2 Å². The largest absolute Gasteiger partial charge is 0.461 e. The van der Waals surface area contributed by atoms with Crippen molar-refractivity contribution in [3.8, 4) is 0 Å². The van der Waals surface area contributed by atoms with E-state index in [2.05, 4.69) is 13.2 Å². The van der Waals surface area contributed by atoms with Gasteiger partial charge in [-0.1, -0.05) is 25.3 Å². The molecule has 0 aromatic carbocycles. The Bertz CT molecular complexity index is 226. The normalized spacial score (nSPS) is 11.9. The third-order valence-corrected chi connectivity index (χ3v) is 1.36. The van der Waals surface area contributed by atoms with Crippen molar-refractivity contribution in [1.29, 1.82) is 0 Å². The third-order valence-electron chi connectivity index (χ3n) is 1.36. The first-order chi connectivity index (χ1) is 7.28. The number of hydrogen-bond acceptors (Lipinski definition) is 3. The van der Waals surface area contributed by atoms with Gasteiger partial charge in [-0.05, 0) is 26.0 Å². The Morgan fingerprint density at radius 3 is 1.60 bits per heavy atom. The van der Waals surface area contributed by atoms with Crippen LogP contribution in [-0.4, -0.2) is 13.2 Å². The summed E-state index contributed by atoms with van der Waals surface area (Å²) in [5.74, 6) is 0.791. The van der Waals surface area contributed by atoms with Gasteiger partial charge < -0.3 is 14.2 Å². The highest BCUT2D eigenvalue weighted by atomic mass is 16.7. The summed E-state index contributed by atoms with van der Waals surface area (Å²) in [6.07, 6.45) is 6.72. The second-order valence-electron chi connectivity index (χ2n) is 2.52. The summed E-state index contributed by atoms with van der Waals surface area (Å²) in [4.78, 5) is 0. The molecule has 0 saturated heterocycles. The van der Waals surface area contributed by atoms with Gasteiger partial charge in [-0.2, -0.15) is 0 Å². The maximum atomic E-state index is 5.34. The summed E-state index contributed by atoms with van der Waals surface area (Å²) in [5, 5.41) is 0. The van der Waals surface area contributed by atoms with Crippen LogP contribution in [0.2, 0.25) is 0 Å². The predicted octanol–water partition coefficient (Wildman–Crippen LogP) is 3.13. The molecule has 0 saturated carbocycles. The van der Waals surface area contributed by atoms with E-state index in [4.69, 9.17) is 14.2 Å². The zero-order chi connectivity index (χ0) is 11.5. The van der Waals surface area contributed by atoms with Crippen molar-refractivity contribution in [3.63, 3.8) is 0 Å². The fourth-order valence-electron chi connectivity index (χ4n) is 0.725. The standard InChI is InChI=1S/C12H18O3/c1-5-9-13-11(7-3)15-12(8-4)14-10-6-2/h5-8H,1-2,9-10H2,3-4H3/b11-7-,12-8-. The Kier molecular flexibility index (Phi) is 7.96. The van der Waals surface area contributed by atoms with Crippen molar-refractivity contribution in [2.24, 2.45) is 0 Å². The fraction of sp³-hybridized carbons (Fsp3) is 0.333. The van der Waals surface area contributed by atoms with Gasteiger partial charge in [-0.25, -0.2) is 0 Å². The van der Waals surface area contributed by atoms with Gasteiger partial charge in [-0.3, -0.25) is 0 Å². The highest BCUT2D eigenvalue weighted by molar-refractivity contribution is 4.90. The number of hydrogen-bond donors (Lipinski definition) is 0. The van der Waals surface area contributed by atoms with E-state index >= 15 is 0 Å². The summed E-state index contributed by atoms with van der Waals surface area (Å²) >= 11 is 0. The van der Waals surface area contributed by atoms with Gasteiger partial charge in [0.15, 0.2) is 0 Å². The van der Waals surface area contributed by atoms with E-state index in [1.165, 1.54) is 0 Å². The summed E-state index contributed by atoms with van der Waals surface area (Å²) in [7, 11) is 0. The van der Waals surface area contributed by atoms with Gasteiger partial charge in [0.2, 0.25) is 0 Å². The van der Waals surface area contributed by atoms with Gasteiger partial charge in [-0.15, -0.1) is 0 Å². The average molecular weight is 210 g/mol. The minimum atomic E-state index is 0.395. The third kappa shape index (κ3) is 6.43. The second kappa shape index (κ2) is 8.94. The van der Waals surface area contributed by atoms with E-state index in [-0.39, 0.29) is 0 Å². The van der Waals surface area contributed by atoms with E-state index in [0.717, 1.165) is 0 Å². The SMILES string of the molecule is C=CCO/C(=C/C)O/C(=C\C)OCC=C. The highest BCUT2D eigenvalue weighted by Gasteiger charge is 2.02. The molecule has 0 heterocycles. The Labute approximate surface area is 91.3 Å². The van der Waals surface area contributed by atoms with Crippen LogP contribution < -0.4 is 0 Å². The lowest BCUT2D eigenvalue weighted by molar-refractivity contribution is 0.00746. The summed E-state index contributed by atoms with van der Waals surface area (Å²) in [5.41, 5.74) is 0. The van der Waals surface area contributed by atoms with Crippen LogP contribution >= 0.6 is 0 Å². The number of ether oxygens (including phenoxy) is 3. The van der Waals surface area contributed by atoms with Crippen LogP contribution in [0.4, 0.5) is 0 Å². The number of rotatable bonds is 8. The molecule has 0 bridgehead atoms. The molecule has 0 atom stereocenters. The Morgan fingerprint density at radius 1 is 0.933 bits per heavy atom. The molecule has 0 aromatic rings. The Balaban J connectivity index is 4.13. The molecular weight excluding hydrogens is 192 g/mol. The van der Waals surface area contributed by atoms with Gasteiger partial charge in [0.25, 0.3) is 11.9 Å². The minimum Gasteiger partial charge on any atom is -0.461 e. The van der Waals surface area contributed by atoms with Crippen molar-refractivity contribution >= 4 is 0 Å². The van der Waals surface area contributed by atoms with E-state index < -0.39 is 0 Å². The lowest BCUT2D eigenvalue weighted by atomic mass is 10.6. The average Bonchev–Trinajstić information content (AvgIpc) is 2.28. The molecule has 0 amide bonds. The van der Waals surface area contributed by atoms with Crippen LogP contribution in [0.25, 0.3) is 0 Å². The molecule has 0 aliphatic heterocycles. The maximum absolute atomic E-state index is 5.34. The van der Waals surface area contributed by atoms with Crippen molar-refractivity contribution < 1.29 is 14.2 Å². The topological polar surface area (TPSA) is 27.7 Å². The molecule has 0 aliphatic rings. The molecule has 0 spiro atoms. The summed E-state index contributed by atoms with van der Waals surface area (Å²) in [6.45, 7) is 11.5. The maximum Gasteiger partial charge on any atom is 0.283 e. The van der Waals surface area contributed by atoms with Crippen molar-refractivity contribution in [2.45, 2.75) is 13.8 Å². The van der Waals surface area contributed by atoms with Crippen molar-refractivity contribution in [1.82, 2.24) is 0 Å². The van der Waals surface area contributed by atoms with Gasteiger partial charge in [0, 0.05) is 0 Å². The van der Waals surface area contributed by atoms with Crippen LogP contribution in [0.3, 0.4) is 0 Å². The predicted molar refractivity (Wildman–Crippen MR) is 60.9 cm³/mol. The van der Waals surface area contributed by atoms with Crippen molar-refractivity contribution in [2.75, 3.05) is 13.2 Å². The molecule has 0 unspecified atom stereocenters. The van der Waals surface area contributed by atoms with Crippen LogP contribution in [0.5, 0.6) is 0 Å². The first kappa shape index (κ1) is 13.4. The molecule has 0 rings (SSSR count). The quantitative estimate of drug-likeness (QED) is 0.455. The minimum absolute atomic E-state index is 0.395. The highest BCUT2D eigenvalue weighted by Crippen LogP contribution is 2.09. The molecule has 15 heavy (non-hydrogen) atoms. The summed E-state index contributed by atoms with van der Waals surface area (Å²) < 4.78 is 15.8. The first-order valence-electron chi connectivity index (χ1n) is 4.76. The fourth-order valence-corrected chi connectivity index (χ4v) is 0.725. The smallest absolute Gasteiger partial charge is 0.283 e. The zero-order valence-corrected chi connectivity index (χ0v) is 9.36.